The SMILES string of the molecule is O=C1CC(CBr)CN1Cc1ccco1. The second kappa shape index (κ2) is 4.17. The van der Waals surface area contributed by atoms with E-state index < -0.39 is 0 Å². The zero-order valence-electron chi connectivity index (χ0n) is 7.78. The molecule has 0 bridgehead atoms. The van der Waals surface area contributed by atoms with Crippen LogP contribution in [0.25, 0.3) is 0 Å². The summed E-state index contributed by atoms with van der Waals surface area (Å²) in [6.07, 6.45) is 2.30. The third-order valence-electron chi connectivity index (χ3n) is 2.44. The number of halogens is 1. The molecule has 0 aliphatic carbocycles. The van der Waals surface area contributed by atoms with Crippen molar-refractivity contribution in [2.45, 2.75) is 13.0 Å². The molecule has 0 N–H and O–H groups in total. The summed E-state index contributed by atoms with van der Waals surface area (Å²) in [7, 11) is 0. The van der Waals surface area contributed by atoms with E-state index in [1.807, 2.05) is 17.0 Å². The fraction of sp³-hybridized carbons (Fsp3) is 0.500. The molecule has 2 rings (SSSR count). The Morgan fingerprint density at radius 1 is 1.64 bits per heavy atom. The van der Waals surface area contributed by atoms with Crippen LogP contribution in [0.3, 0.4) is 0 Å². The van der Waals surface area contributed by atoms with Crippen molar-refractivity contribution in [2.75, 3.05) is 11.9 Å². The molecule has 76 valence electrons. The van der Waals surface area contributed by atoms with Crippen LogP contribution >= 0.6 is 15.9 Å². The van der Waals surface area contributed by atoms with Gasteiger partial charge in [0.05, 0.1) is 12.8 Å². The van der Waals surface area contributed by atoms with Crippen LogP contribution in [0, 0.1) is 5.92 Å². The number of carbonyl (C=O) groups is 1. The number of nitrogens with zero attached hydrogens (tertiary/aromatic N) is 1. The molecule has 1 unspecified atom stereocenters. The molecule has 4 heteroatoms. The molecule has 1 fully saturated rings. The van der Waals surface area contributed by atoms with Crippen LogP contribution in [0.4, 0.5) is 0 Å². The van der Waals surface area contributed by atoms with Gasteiger partial charge in [0.25, 0.3) is 0 Å². The van der Waals surface area contributed by atoms with Crippen molar-refractivity contribution in [3.8, 4) is 0 Å². The number of amides is 1. The van der Waals surface area contributed by atoms with E-state index >= 15 is 0 Å². The van der Waals surface area contributed by atoms with Gasteiger partial charge in [0.2, 0.25) is 5.91 Å². The molecule has 1 amide bonds. The summed E-state index contributed by atoms with van der Waals surface area (Å²) in [6, 6.07) is 3.74. The van der Waals surface area contributed by atoms with Crippen molar-refractivity contribution >= 4 is 21.8 Å². The molecule has 0 radical (unpaired) electrons. The Hall–Kier alpha value is -0.770. The molecule has 1 aliphatic heterocycles. The highest BCUT2D eigenvalue weighted by Gasteiger charge is 2.28. The van der Waals surface area contributed by atoms with Gasteiger partial charge < -0.3 is 9.32 Å². The zero-order chi connectivity index (χ0) is 9.97. The molecule has 1 aliphatic rings. The molecule has 2 heterocycles. The molecular formula is C10H12BrNO2. The van der Waals surface area contributed by atoms with E-state index in [0.29, 0.717) is 18.9 Å². The maximum absolute atomic E-state index is 11.5. The Morgan fingerprint density at radius 2 is 2.50 bits per heavy atom. The summed E-state index contributed by atoms with van der Waals surface area (Å²) in [6.45, 7) is 1.44. The molecule has 0 spiro atoms. The first-order valence-corrected chi connectivity index (χ1v) is 5.78. The molecule has 0 aromatic carbocycles. The lowest BCUT2D eigenvalue weighted by Gasteiger charge is -2.14. The molecule has 1 saturated heterocycles. The minimum absolute atomic E-state index is 0.228. The standard InChI is InChI=1S/C10H12BrNO2/c11-5-8-4-10(13)12(6-8)7-9-2-1-3-14-9/h1-3,8H,4-7H2. The second-order valence-electron chi connectivity index (χ2n) is 3.58. The first-order chi connectivity index (χ1) is 6.79. The molecule has 1 aromatic rings. The van der Waals surface area contributed by atoms with Crippen molar-refractivity contribution in [2.24, 2.45) is 5.92 Å². The van der Waals surface area contributed by atoms with Crippen LogP contribution < -0.4 is 0 Å². The number of likely N-dealkylation sites (tertiary alicyclic amines) is 1. The molecular weight excluding hydrogens is 246 g/mol. The highest BCUT2D eigenvalue weighted by atomic mass is 79.9. The Labute approximate surface area is 91.2 Å². The predicted octanol–water partition coefficient (Wildman–Crippen LogP) is 2.02. The van der Waals surface area contributed by atoms with Gasteiger partial charge in [0.15, 0.2) is 0 Å². The Morgan fingerprint density at radius 3 is 3.07 bits per heavy atom. The largest absolute Gasteiger partial charge is 0.467 e. The lowest BCUT2D eigenvalue weighted by atomic mass is 10.2. The molecule has 3 nitrogen and oxygen atoms in total. The molecule has 14 heavy (non-hydrogen) atoms. The van der Waals surface area contributed by atoms with Crippen LogP contribution in [0.2, 0.25) is 0 Å². The summed E-state index contributed by atoms with van der Waals surface area (Å²) in [5, 5.41) is 0.896. The highest BCUT2D eigenvalue weighted by molar-refractivity contribution is 9.09. The lowest BCUT2D eigenvalue weighted by molar-refractivity contribution is -0.128. The van der Waals surface area contributed by atoms with Gasteiger partial charge in [-0.3, -0.25) is 4.79 Å². The van der Waals surface area contributed by atoms with Crippen molar-refractivity contribution in [3.05, 3.63) is 24.2 Å². The topological polar surface area (TPSA) is 33.5 Å². The number of hydrogen-bond donors (Lipinski definition) is 0. The third kappa shape index (κ3) is 2.00. The minimum Gasteiger partial charge on any atom is -0.467 e. The summed E-state index contributed by atoms with van der Waals surface area (Å²) < 4.78 is 5.21. The van der Waals surface area contributed by atoms with Crippen LogP contribution in [0.5, 0.6) is 0 Å². The van der Waals surface area contributed by atoms with Gasteiger partial charge in [-0.1, -0.05) is 15.9 Å². The van der Waals surface area contributed by atoms with Gasteiger partial charge in [-0.05, 0) is 18.1 Å². The van der Waals surface area contributed by atoms with E-state index in [4.69, 9.17) is 4.42 Å². The number of carbonyl (C=O) groups excluding carboxylic acids is 1. The quantitative estimate of drug-likeness (QED) is 0.777. The van der Waals surface area contributed by atoms with Crippen molar-refractivity contribution in [1.29, 1.82) is 0 Å². The molecule has 0 saturated carbocycles. The first-order valence-electron chi connectivity index (χ1n) is 4.65. The van der Waals surface area contributed by atoms with E-state index in [9.17, 15) is 4.79 Å². The summed E-state index contributed by atoms with van der Waals surface area (Å²) in [4.78, 5) is 13.4. The van der Waals surface area contributed by atoms with E-state index in [2.05, 4.69) is 15.9 Å². The number of furan rings is 1. The number of alkyl halides is 1. The maximum Gasteiger partial charge on any atom is 0.223 e. The van der Waals surface area contributed by atoms with Gasteiger partial charge in [-0.2, -0.15) is 0 Å². The van der Waals surface area contributed by atoms with Crippen LogP contribution in [0.15, 0.2) is 22.8 Å². The fourth-order valence-corrected chi connectivity index (χ4v) is 2.13. The van der Waals surface area contributed by atoms with Crippen LogP contribution in [-0.2, 0) is 11.3 Å². The van der Waals surface area contributed by atoms with E-state index in [1.54, 1.807) is 6.26 Å². The number of hydrogen-bond acceptors (Lipinski definition) is 2. The van der Waals surface area contributed by atoms with Crippen molar-refractivity contribution in [1.82, 2.24) is 4.90 Å². The average Bonchev–Trinajstić information content (AvgIpc) is 2.78. The molecule has 1 aromatic heterocycles. The fourth-order valence-electron chi connectivity index (χ4n) is 1.70. The van der Waals surface area contributed by atoms with Crippen molar-refractivity contribution < 1.29 is 9.21 Å². The summed E-state index contributed by atoms with van der Waals surface area (Å²) in [5.41, 5.74) is 0. The summed E-state index contributed by atoms with van der Waals surface area (Å²) in [5.74, 6) is 1.54. The normalized spacial score (nSPS) is 21.9. The Balaban J connectivity index is 1.96. The van der Waals surface area contributed by atoms with Gasteiger partial charge in [-0.25, -0.2) is 0 Å². The Bertz CT molecular complexity index is 310. The van der Waals surface area contributed by atoms with Gasteiger partial charge in [0, 0.05) is 18.3 Å². The van der Waals surface area contributed by atoms with E-state index in [1.165, 1.54) is 0 Å². The monoisotopic (exact) mass is 257 g/mol. The highest BCUT2D eigenvalue weighted by Crippen LogP contribution is 2.21. The van der Waals surface area contributed by atoms with E-state index in [0.717, 1.165) is 17.6 Å². The Kier molecular flexibility index (Phi) is 2.91. The minimum atomic E-state index is 0.228. The first kappa shape index (κ1) is 9.77. The predicted molar refractivity (Wildman–Crippen MR) is 56.0 cm³/mol. The van der Waals surface area contributed by atoms with Crippen LogP contribution in [0.1, 0.15) is 12.2 Å². The zero-order valence-corrected chi connectivity index (χ0v) is 9.37. The lowest BCUT2D eigenvalue weighted by Crippen LogP contribution is -2.24. The van der Waals surface area contributed by atoms with E-state index in [-0.39, 0.29) is 5.91 Å². The maximum atomic E-state index is 11.5. The smallest absolute Gasteiger partial charge is 0.223 e. The number of rotatable bonds is 3. The third-order valence-corrected chi connectivity index (χ3v) is 3.36. The average molecular weight is 258 g/mol. The van der Waals surface area contributed by atoms with Gasteiger partial charge in [-0.15, -0.1) is 0 Å². The van der Waals surface area contributed by atoms with Gasteiger partial charge in [0.1, 0.15) is 5.76 Å². The summed E-state index contributed by atoms with van der Waals surface area (Å²) >= 11 is 3.41. The van der Waals surface area contributed by atoms with Crippen molar-refractivity contribution in [3.63, 3.8) is 0 Å². The second-order valence-corrected chi connectivity index (χ2v) is 4.23. The molecule has 1 atom stereocenters. The van der Waals surface area contributed by atoms with Crippen LogP contribution in [-0.4, -0.2) is 22.7 Å². The van der Waals surface area contributed by atoms with Gasteiger partial charge >= 0.3 is 0 Å².